The highest BCUT2D eigenvalue weighted by molar-refractivity contribution is 5.58. The standard InChI is InChI=1S/C16H15O5/c1-19-13-7-3-11(4-8-13)15(21-16(17)18)12-5-9-14(20-2)10-6-12/h3-10,15H,1-2H3. The van der Waals surface area contributed by atoms with Crippen molar-refractivity contribution < 1.29 is 24.1 Å². The van der Waals surface area contributed by atoms with Crippen LogP contribution in [0.1, 0.15) is 17.2 Å². The summed E-state index contributed by atoms with van der Waals surface area (Å²) in [5.74, 6) is 1.36. The van der Waals surface area contributed by atoms with Crippen molar-refractivity contribution in [2.75, 3.05) is 14.2 Å². The minimum atomic E-state index is -1.58. The van der Waals surface area contributed by atoms with Crippen LogP contribution in [0.4, 0.5) is 4.79 Å². The van der Waals surface area contributed by atoms with E-state index in [1.807, 2.05) is 0 Å². The maximum absolute atomic E-state index is 10.8. The summed E-state index contributed by atoms with van der Waals surface area (Å²) in [6.45, 7) is 0. The number of benzene rings is 2. The molecule has 0 aliphatic heterocycles. The second-order valence-electron chi connectivity index (χ2n) is 4.29. The van der Waals surface area contributed by atoms with Gasteiger partial charge in [0.1, 0.15) is 11.5 Å². The van der Waals surface area contributed by atoms with Crippen molar-refractivity contribution in [1.29, 1.82) is 0 Å². The molecular weight excluding hydrogens is 272 g/mol. The Morgan fingerprint density at radius 1 is 0.810 bits per heavy atom. The molecule has 0 heterocycles. The van der Waals surface area contributed by atoms with E-state index >= 15 is 0 Å². The average Bonchev–Trinajstić information content (AvgIpc) is 2.53. The van der Waals surface area contributed by atoms with Crippen molar-refractivity contribution in [3.8, 4) is 11.5 Å². The van der Waals surface area contributed by atoms with Gasteiger partial charge in [-0.3, -0.25) is 0 Å². The Labute approximate surface area is 122 Å². The van der Waals surface area contributed by atoms with E-state index in [0.29, 0.717) is 22.6 Å². The fourth-order valence-corrected chi connectivity index (χ4v) is 1.98. The number of rotatable bonds is 5. The quantitative estimate of drug-likeness (QED) is 0.791. The van der Waals surface area contributed by atoms with Gasteiger partial charge in [-0.05, 0) is 35.4 Å². The summed E-state index contributed by atoms with van der Waals surface area (Å²) in [6, 6.07) is 13.9. The molecule has 0 bridgehead atoms. The largest absolute Gasteiger partial charge is 0.550 e. The fraction of sp³-hybridized carbons (Fsp3) is 0.188. The monoisotopic (exact) mass is 287 g/mol. The highest BCUT2D eigenvalue weighted by Crippen LogP contribution is 2.29. The number of hydrogen-bond acceptors (Lipinski definition) is 4. The van der Waals surface area contributed by atoms with Crippen molar-refractivity contribution in [3.05, 3.63) is 59.7 Å². The maximum Gasteiger partial charge on any atom is 0.550 e. The molecule has 2 aromatic rings. The zero-order valence-corrected chi connectivity index (χ0v) is 11.7. The molecule has 5 heteroatoms. The molecule has 5 nitrogen and oxygen atoms in total. The van der Waals surface area contributed by atoms with Gasteiger partial charge < -0.3 is 14.2 Å². The smallest absolute Gasteiger partial charge is 0.497 e. The van der Waals surface area contributed by atoms with Crippen LogP contribution in [0.5, 0.6) is 11.5 Å². The molecule has 0 amide bonds. The second kappa shape index (κ2) is 6.65. The van der Waals surface area contributed by atoms with Crippen LogP contribution in [0, 0.1) is 0 Å². The van der Waals surface area contributed by atoms with Gasteiger partial charge in [-0.15, -0.1) is 0 Å². The number of methoxy groups -OCH3 is 2. The van der Waals surface area contributed by atoms with Gasteiger partial charge in [0.25, 0.3) is 0 Å². The van der Waals surface area contributed by atoms with E-state index < -0.39 is 12.3 Å². The Bertz CT molecular complexity index is 542. The highest BCUT2D eigenvalue weighted by atomic mass is 16.7. The molecule has 109 valence electrons. The molecule has 0 saturated heterocycles. The first kappa shape index (κ1) is 14.7. The maximum atomic E-state index is 10.8. The molecule has 21 heavy (non-hydrogen) atoms. The van der Waals surface area contributed by atoms with Crippen molar-refractivity contribution in [1.82, 2.24) is 0 Å². The summed E-state index contributed by atoms with van der Waals surface area (Å²) < 4.78 is 15.1. The Hall–Kier alpha value is -2.69. The SMILES string of the molecule is COc1ccc(C(OC([O])=O)c2ccc(OC)cc2)cc1. The molecule has 0 aliphatic carbocycles. The number of ether oxygens (including phenoxy) is 3. The summed E-state index contributed by atoms with van der Waals surface area (Å²) in [6.07, 6.45) is -2.33. The fourth-order valence-electron chi connectivity index (χ4n) is 1.98. The van der Waals surface area contributed by atoms with Crippen LogP contribution in [-0.4, -0.2) is 20.4 Å². The molecule has 0 aromatic heterocycles. The van der Waals surface area contributed by atoms with E-state index in [9.17, 15) is 9.90 Å². The number of hydrogen-bond donors (Lipinski definition) is 0. The van der Waals surface area contributed by atoms with Gasteiger partial charge >= 0.3 is 6.16 Å². The van der Waals surface area contributed by atoms with Gasteiger partial charge in [-0.1, -0.05) is 24.3 Å². The van der Waals surface area contributed by atoms with Crippen molar-refractivity contribution >= 4 is 6.16 Å². The van der Waals surface area contributed by atoms with Crippen LogP contribution in [0.3, 0.4) is 0 Å². The summed E-state index contributed by atoms with van der Waals surface area (Å²) in [7, 11) is 3.13. The zero-order chi connectivity index (χ0) is 15.2. The lowest BCUT2D eigenvalue weighted by Crippen LogP contribution is -2.10. The van der Waals surface area contributed by atoms with Crippen LogP contribution in [-0.2, 0) is 9.84 Å². The average molecular weight is 287 g/mol. The van der Waals surface area contributed by atoms with Crippen LogP contribution < -0.4 is 9.47 Å². The predicted molar refractivity (Wildman–Crippen MR) is 75.0 cm³/mol. The molecule has 0 atom stereocenters. The van der Waals surface area contributed by atoms with E-state index in [2.05, 4.69) is 0 Å². The number of carbonyl (C=O) groups excluding carboxylic acids is 1. The Morgan fingerprint density at radius 3 is 1.48 bits per heavy atom. The zero-order valence-electron chi connectivity index (χ0n) is 11.7. The van der Waals surface area contributed by atoms with E-state index in [0.717, 1.165) is 0 Å². The van der Waals surface area contributed by atoms with E-state index in [1.165, 1.54) is 0 Å². The minimum Gasteiger partial charge on any atom is -0.497 e. The summed E-state index contributed by atoms with van der Waals surface area (Å²) >= 11 is 0. The third-order valence-electron chi connectivity index (χ3n) is 3.05. The van der Waals surface area contributed by atoms with Gasteiger partial charge in [0.15, 0.2) is 6.10 Å². The van der Waals surface area contributed by atoms with Gasteiger partial charge in [0, 0.05) is 0 Å². The highest BCUT2D eigenvalue weighted by Gasteiger charge is 2.19. The second-order valence-corrected chi connectivity index (χ2v) is 4.29. The lowest BCUT2D eigenvalue weighted by atomic mass is 10.0. The molecule has 2 aromatic carbocycles. The molecule has 0 unspecified atom stereocenters. The van der Waals surface area contributed by atoms with E-state index in [1.54, 1.807) is 62.8 Å². The van der Waals surface area contributed by atoms with E-state index in [-0.39, 0.29) is 0 Å². The molecule has 0 saturated carbocycles. The predicted octanol–water partition coefficient (Wildman–Crippen LogP) is 3.36. The van der Waals surface area contributed by atoms with E-state index in [4.69, 9.17) is 14.2 Å². The molecular formula is C16H15O5. The van der Waals surface area contributed by atoms with Gasteiger partial charge in [0.05, 0.1) is 14.2 Å². The van der Waals surface area contributed by atoms with Gasteiger partial charge in [-0.25, -0.2) is 0 Å². The third kappa shape index (κ3) is 3.66. The van der Waals surface area contributed by atoms with Crippen molar-refractivity contribution in [2.24, 2.45) is 0 Å². The van der Waals surface area contributed by atoms with Gasteiger partial charge in [0.2, 0.25) is 0 Å². The summed E-state index contributed by atoms with van der Waals surface area (Å²) in [5, 5.41) is 10.8. The van der Waals surface area contributed by atoms with Gasteiger partial charge in [-0.2, -0.15) is 9.90 Å². The topological polar surface area (TPSA) is 64.7 Å². The molecule has 0 spiro atoms. The molecule has 2 rings (SSSR count). The lowest BCUT2D eigenvalue weighted by Gasteiger charge is -2.17. The van der Waals surface area contributed by atoms with Crippen LogP contribution in [0.15, 0.2) is 48.5 Å². The molecule has 0 aliphatic rings. The lowest BCUT2D eigenvalue weighted by molar-refractivity contribution is 0.0448. The van der Waals surface area contributed by atoms with Crippen LogP contribution >= 0.6 is 0 Å². The molecule has 0 fully saturated rings. The summed E-state index contributed by atoms with van der Waals surface area (Å²) in [5.41, 5.74) is 1.37. The first-order valence-electron chi connectivity index (χ1n) is 6.29. The van der Waals surface area contributed by atoms with Crippen molar-refractivity contribution in [3.63, 3.8) is 0 Å². The normalized spacial score (nSPS) is 10.2. The first-order valence-corrected chi connectivity index (χ1v) is 6.29. The first-order chi connectivity index (χ1) is 10.1. The number of carbonyl (C=O) groups is 1. The third-order valence-corrected chi connectivity index (χ3v) is 3.05. The van der Waals surface area contributed by atoms with Crippen molar-refractivity contribution in [2.45, 2.75) is 6.10 Å². The Kier molecular flexibility index (Phi) is 4.66. The molecule has 0 N–H and O–H groups in total. The Balaban J connectivity index is 2.33. The Morgan fingerprint density at radius 2 is 1.19 bits per heavy atom. The van der Waals surface area contributed by atoms with Crippen LogP contribution in [0.25, 0.3) is 0 Å². The molecule has 1 radical (unpaired) electrons. The van der Waals surface area contributed by atoms with Crippen LogP contribution in [0.2, 0.25) is 0 Å². The summed E-state index contributed by atoms with van der Waals surface area (Å²) in [4.78, 5) is 10.8. The minimum absolute atomic E-state index is 0.681.